The fraction of sp³-hybridized carbons (Fsp3) is 0.455. The average Bonchev–Trinajstić information content (AvgIpc) is 3.32. The van der Waals surface area contributed by atoms with E-state index in [9.17, 15) is 9.59 Å². The highest BCUT2D eigenvalue weighted by molar-refractivity contribution is 5.94. The monoisotopic (exact) mass is 382 g/mol. The van der Waals surface area contributed by atoms with Crippen LogP contribution in [0.15, 0.2) is 41.0 Å². The van der Waals surface area contributed by atoms with Crippen molar-refractivity contribution in [1.82, 2.24) is 9.80 Å². The van der Waals surface area contributed by atoms with E-state index in [0.717, 1.165) is 36.3 Å². The molecule has 2 amide bonds. The molecule has 2 aliphatic rings. The van der Waals surface area contributed by atoms with Crippen LogP contribution in [0.3, 0.4) is 0 Å². The number of amides is 2. The molecule has 1 spiro atoms. The lowest BCUT2D eigenvalue weighted by atomic mass is 9.78. The van der Waals surface area contributed by atoms with Gasteiger partial charge >= 0.3 is 0 Å². The Bertz CT molecular complexity index is 890. The molecule has 2 aromatic rings. The van der Waals surface area contributed by atoms with Crippen molar-refractivity contribution in [1.29, 1.82) is 0 Å². The number of benzene rings is 1. The number of carbonyl (C=O) groups excluding carboxylic acids is 2. The van der Waals surface area contributed by atoms with Crippen LogP contribution < -0.4 is 4.74 Å². The maximum absolute atomic E-state index is 13.4. The van der Waals surface area contributed by atoms with Gasteiger partial charge in [-0.2, -0.15) is 0 Å². The zero-order valence-electron chi connectivity index (χ0n) is 16.4. The number of methoxy groups -OCH3 is 1. The van der Waals surface area contributed by atoms with Crippen LogP contribution in [0.2, 0.25) is 0 Å². The van der Waals surface area contributed by atoms with Gasteiger partial charge in [-0.1, -0.05) is 12.1 Å². The highest BCUT2D eigenvalue weighted by Gasteiger charge is 2.49. The number of rotatable bonds is 4. The minimum Gasteiger partial charge on any atom is -0.497 e. The minimum atomic E-state index is -0.465. The normalized spacial score (nSPS) is 22.1. The van der Waals surface area contributed by atoms with E-state index in [0.29, 0.717) is 31.8 Å². The van der Waals surface area contributed by atoms with Gasteiger partial charge in [-0.05, 0) is 49.9 Å². The molecule has 1 aromatic carbocycles. The maximum atomic E-state index is 13.4. The van der Waals surface area contributed by atoms with E-state index in [2.05, 4.69) is 0 Å². The lowest BCUT2D eigenvalue weighted by molar-refractivity contribution is -0.146. The lowest BCUT2D eigenvalue weighted by Crippen LogP contribution is -2.50. The molecule has 0 N–H and O–H groups in total. The summed E-state index contributed by atoms with van der Waals surface area (Å²) in [5.74, 6) is 1.22. The van der Waals surface area contributed by atoms with Gasteiger partial charge in [0.25, 0.3) is 5.91 Å². The predicted molar refractivity (Wildman–Crippen MR) is 104 cm³/mol. The highest BCUT2D eigenvalue weighted by atomic mass is 16.5. The summed E-state index contributed by atoms with van der Waals surface area (Å²) in [7, 11) is 1.64. The predicted octanol–water partition coefficient (Wildman–Crippen LogP) is 3.25. The Hall–Kier alpha value is -2.76. The quantitative estimate of drug-likeness (QED) is 0.814. The summed E-state index contributed by atoms with van der Waals surface area (Å²) in [5, 5.41) is 0. The van der Waals surface area contributed by atoms with Crippen molar-refractivity contribution in [2.45, 2.75) is 32.7 Å². The van der Waals surface area contributed by atoms with E-state index < -0.39 is 5.41 Å². The zero-order valence-corrected chi connectivity index (χ0v) is 16.4. The summed E-state index contributed by atoms with van der Waals surface area (Å²) in [5.41, 5.74) is 1.43. The highest BCUT2D eigenvalue weighted by Crippen LogP contribution is 2.41. The van der Waals surface area contributed by atoms with Gasteiger partial charge in [0.05, 0.1) is 18.8 Å². The van der Waals surface area contributed by atoms with Crippen molar-refractivity contribution >= 4 is 11.8 Å². The Morgan fingerprint density at radius 1 is 1.25 bits per heavy atom. The molecule has 4 rings (SSSR count). The van der Waals surface area contributed by atoms with Crippen LogP contribution in [0.1, 0.15) is 40.9 Å². The van der Waals surface area contributed by atoms with E-state index in [4.69, 9.17) is 9.15 Å². The molecule has 6 nitrogen and oxygen atoms in total. The van der Waals surface area contributed by atoms with Gasteiger partial charge in [0.2, 0.25) is 5.91 Å². The molecule has 2 aliphatic heterocycles. The van der Waals surface area contributed by atoms with Crippen molar-refractivity contribution in [2.75, 3.05) is 26.7 Å². The van der Waals surface area contributed by atoms with Crippen molar-refractivity contribution in [2.24, 2.45) is 5.41 Å². The first kappa shape index (κ1) is 18.6. The molecule has 148 valence electrons. The topological polar surface area (TPSA) is 63.0 Å². The van der Waals surface area contributed by atoms with Crippen molar-refractivity contribution in [3.8, 4) is 5.75 Å². The summed E-state index contributed by atoms with van der Waals surface area (Å²) in [4.78, 5) is 29.9. The SMILES string of the molecule is COc1cccc(CN2CCCC3(CCN(C(=O)c4occc4C)C3)C2=O)c1. The molecule has 0 radical (unpaired) electrons. The first-order valence-corrected chi connectivity index (χ1v) is 9.78. The van der Waals surface area contributed by atoms with Gasteiger partial charge in [-0.25, -0.2) is 0 Å². The molecule has 1 aromatic heterocycles. The third-order valence-electron chi connectivity index (χ3n) is 6.03. The van der Waals surface area contributed by atoms with Crippen LogP contribution >= 0.6 is 0 Å². The second-order valence-corrected chi connectivity index (χ2v) is 7.87. The standard InChI is InChI=1S/C22H26N2O4/c1-16-7-12-28-19(16)20(25)24-11-9-22(15-24)8-4-10-23(21(22)26)14-17-5-3-6-18(13-17)27-2/h3,5-7,12-13H,4,8-11,14-15H2,1-2H3. The molecule has 28 heavy (non-hydrogen) atoms. The first-order valence-electron chi connectivity index (χ1n) is 9.78. The van der Waals surface area contributed by atoms with Crippen LogP contribution in [0.4, 0.5) is 0 Å². The van der Waals surface area contributed by atoms with Gasteiger partial charge in [0.15, 0.2) is 5.76 Å². The average molecular weight is 382 g/mol. The van der Waals surface area contributed by atoms with Gasteiger partial charge in [-0.3, -0.25) is 9.59 Å². The number of piperidine rings is 1. The molecular weight excluding hydrogens is 356 g/mol. The second-order valence-electron chi connectivity index (χ2n) is 7.87. The van der Waals surface area contributed by atoms with Crippen molar-refractivity contribution < 1.29 is 18.7 Å². The number of hydrogen-bond donors (Lipinski definition) is 0. The molecule has 0 saturated carbocycles. The minimum absolute atomic E-state index is 0.114. The molecule has 2 saturated heterocycles. The van der Waals surface area contributed by atoms with Crippen LogP contribution in [0.5, 0.6) is 5.75 Å². The van der Waals surface area contributed by atoms with Crippen LogP contribution in [-0.4, -0.2) is 48.4 Å². The number of nitrogens with zero attached hydrogens (tertiary/aromatic N) is 2. The summed E-state index contributed by atoms with van der Waals surface area (Å²) in [6, 6.07) is 9.63. The Morgan fingerprint density at radius 3 is 2.86 bits per heavy atom. The molecule has 0 bridgehead atoms. The molecule has 0 aliphatic carbocycles. The number of hydrogen-bond acceptors (Lipinski definition) is 4. The van der Waals surface area contributed by atoms with Gasteiger partial charge in [0, 0.05) is 31.7 Å². The van der Waals surface area contributed by atoms with Crippen molar-refractivity contribution in [3.05, 3.63) is 53.5 Å². The molecular formula is C22H26N2O4. The summed E-state index contributed by atoms with van der Waals surface area (Å²) >= 11 is 0. The smallest absolute Gasteiger partial charge is 0.289 e. The van der Waals surface area contributed by atoms with E-state index in [1.54, 1.807) is 18.1 Å². The Morgan fingerprint density at radius 2 is 2.11 bits per heavy atom. The Balaban J connectivity index is 1.48. The number of ether oxygens (including phenoxy) is 1. The number of carbonyl (C=O) groups is 2. The summed E-state index contributed by atoms with van der Waals surface area (Å²) < 4.78 is 10.7. The van der Waals surface area contributed by atoms with Gasteiger partial charge in [0.1, 0.15) is 5.75 Å². The number of furan rings is 1. The second kappa shape index (κ2) is 7.34. The molecule has 6 heteroatoms. The van der Waals surface area contributed by atoms with Crippen molar-refractivity contribution in [3.63, 3.8) is 0 Å². The van der Waals surface area contributed by atoms with E-state index >= 15 is 0 Å². The van der Waals surface area contributed by atoms with E-state index in [1.807, 2.05) is 36.1 Å². The van der Waals surface area contributed by atoms with Gasteiger partial charge < -0.3 is 19.0 Å². The summed E-state index contributed by atoms with van der Waals surface area (Å²) in [6.07, 6.45) is 4.04. The van der Waals surface area contributed by atoms with Gasteiger partial charge in [-0.15, -0.1) is 0 Å². The largest absolute Gasteiger partial charge is 0.497 e. The molecule has 1 unspecified atom stereocenters. The van der Waals surface area contributed by atoms with E-state index in [-0.39, 0.29) is 11.8 Å². The third-order valence-corrected chi connectivity index (χ3v) is 6.03. The van der Waals surface area contributed by atoms with Crippen LogP contribution in [0.25, 0.3) is 0 Å². The van der Waals surface area contributed by atoms with Crippen LogP contribution in [0, 0.1) is 12.3 Å². The molecule has 3 heterocycles. The van der Waals surface area contributed by atoms with Crippen LogP contribution in [-0.2, 0) is 11.3 Å². The first-order chi connectivity index (χ1) is 13.5. The summed E-state index contributed by atoms with van der Waals surface area (Å²) in [6.45, 7) is 4.26. The fourth-order valence-corrected chi connectivity index (χ4v) is 4.45. The molecule has 2 fully saturated rings. The molecule has 1 atom stereocenters. The number of aryl methyl sites for hydroxylation is 1. The fourth-order valence-electron chi connectivity index (χ4n) is 4.45. The Labute approximate surface area is 165 Å². The van der Waals surface area contributed by atoms with E-state index in [1.165, 1.54) is 6.26 Å². The zero-order chi connectivity index (χ0) is 19.7. The third kappa shape index (κ3) is 3.28. The Kier molecular flexibility index (Phi) is 4.87. The maximum Gasteiger partial charge on any atom is 0.289 e. The lowest BCUT2D eigenvalue weighted by Gasteiger charge is -2.39. The number of likely N-dealkylation sites (tertiary alicyclic amines) is 2.